The number of anilines is 1. The van der Waals surface area contributed by atoms with Gasteiger partial charge in [0.2, 0.25) is 0 Å². The Bertz CT molecular complexity index is 355. The second kappa shape index (κ2) is 5.41. The Hall–Kier alpha value is -0.490. The molecule has 4 nitrogen and oxygen atoms in total. The minimum atomic E-state index is -0.147. The van der Waals surface area contributed by atoms with Gasteiger partial charge in [-0.1, -0.05) is 0 Å². The fraction of sp³-hybridized carbons (Fsp3) is 0.500. The van der Waals surface area contributed by atoms with Gasteiger partial charge in [0.1, 0.15) is 10.3 Å². The van der Waals surface area contributed by atoms with Gasteiger partial charge in [-0.15, -0.1) is 0 Å². The maximum Gasteiger partial charge on any atom is 0.267 e. The van der Waals surface area contributed by atoms with Crippen molar-refractivity contribution in [1.29, 1.82) is 0 Å². The highest BCUT2D eigenvalue weighted by atomic mass is 79.9. The van der Waals surface area contributed by atoms with Crippen LogP contribution in [0.3, 0.4) is 0 Å². The van der Waals surface area contributed by atoms with E-state index in [0.717, 1.165) is 12.3 Å². The Morgan fingerprint density at radius 3 is 3.07 bits per heavy atom. The summed E-state index contributed by atoms with van der Waals surface area (Å²) in [5.74, 6) is 1.69. The summed E-state index contributed by atoms with van der Waals surface area (Å²) in [5, 5.41) is 0. The summed E-state index contributed by atoms with van der Waals surface area (Å²) < 4.78 is 0.489. The lowest BCUT2D eigenvalue weighted by Crippen LogP contribution is -2.24. The number of hydrogen-bond donors (Lipinski definition) is 1. The first-order valence-electron chi connectivity index (χ1n) is 4.10. The maximum absolute atomic E-state index is 11.2. The normalized spacial score (nSPS) is 10.2. The van der Waals surface area contributed by atoms with Crippen LogP contribution in [0.25, 0.3) is 0 Å². The van der Waals surface area contributed by atoms with Crippen LogP contribution in [0.5, 0.6) is 0 Å². The molecule has 0 atom stereocenters. The topological polar surface area (TPSA) is 49.0 Å². The predicted molar refractivity (Wildman–Crippen MR) is 64.2 cm³/mol. The highest BCUT2D eigenvalue weighted by molar-refractivity contribution is 9.10. The molecular formula is C8H12BrN3OS. The van der Waals surface area contributed by atoms with Gasteiger partial charge in [-0.05, 0) is 22.2 Å². The van der Waals surface area contributed by atoms with Crippen molar-refractivity contribution < 1.29 is 0 Å². The van der Waals surface area contributed by atoms with Crippen molar-refractivity contribution in [2.75, 3.05) is 30.5 Å². The second-order valence-corrected chi connectivity index (χ2v) is 4.56. The van der Waals surface area contributed by atoms with Crippen LogP contribution >= 0.6 is 27.7 Å². The molecule has 78 valence electrons. The molecule has 1 aromatic rings. The summed E-state index contributed by atoms with van der Waals surface area (Å²) in [6, 6.07) is 0. The quantitative estimate of drug-likeness (QED) is 0.902. The molecule has 1 heterocycles. The van der Waals surface area contributed by atoms with Gasteiger partial charge in [0.15, 0.2) is 0 Å². The monoisotopic (exact) mass is 277 g/mol. The molecule has 1 N–H and O–H groups in total. The Labute approximate surface area is 95.2 Å². The van der Waals surface area contributed by atoms with E-state index in [0.29, 0.717) is 10.3 Å². The molecule has 0 aliphatic rings. The molecule has 0 aromatic carbocycles. The van der Waals surface area contributed by atoms with E-state index in [-0.39, 0.29) is 5.56 Å². The predicted octanol–water partition coefficient (Wildman–Crippen LogP) is 1.33. The molecule has 1 aromatic heterocycles. The van der Waals surface area contributed by atoms with Crippen LogP contribution in [0.1, 0.15) is 0 Å². The first kappa shape index (κ1) is 11.6. The largest absolute Gasteiger partial charge is 0.358 e. The van der Waals surface area contributed by atoms with Crippen LogP contribution in [-0.4, -0.2) is 35.6 Å². The summed E-state index contributed by atoms with van der Waals surface area (Å²) in [6.45, 7) is 0.871. The molecule has 0 unspecified atom stereocenters. The van der Waals surface area contributed by atoms with E-state index in [1.54, 1.807) is 11.8 Å². The Morgan fingerprint density at radius 1 is 1.71 bits per heavy atom. The van der Waals surface area contributed by atoms with Crippen LogP contribution in [0.2, 0.25) is 0 Å². The zero-order chi connectivity index (χ0) is 10.6. The maximum atomic E-state index is 11.2. The fourth-order valence-corrected chi connectivity index (χ4v) is 1.95. The first-order valence-corrected chi connectivity index (χ1v) is 6.28. The van der Waals surface area contributed by atoms with Crippen molar-refractivity contribution >= 4 is 33.5 Å². The zero-order valence-electron chi connectivity index (χ0n) is 8.08. The lowest BCUT2D eigenvalue weighted by Gasteiger charge is -2.17. The third-order valence-electron chi connectivity index (χ3n) is 1.77. The molecule has 0 saturated heterocycles. The van der Waals surface area contributed by atoms with E-state index in [1.165, 1.54) is 6.33 Å². The standard InChI is InChI=1S/C8H12BrN3OS/c1-12(3-4-14-2)7-6(9)8(13)11-5-10-7/h5H,3-4H2,1-2H3,(H,10,11,13). The summed E-state index contributed by atoms with van der Waals surface area (Å²) >= 11 is 4.98. The molecule has 0 saturated carbocycles. The van der Waals surface area contributed by atoms with Crippen LogP contribution in [0.15, 0.2) is 15.6 Å². The molecule has 1 rings (SSSR count). The Kier molecular flexibility index (Phi) is 4.47. The van der Waals surface area contributed by atoms with Crippen molar-refractivity contribution in [1.82, 2.24) is 9.97 Å². The van der Waals surface area contributed by atoms with Crippen molar-refractivity contribution in [3.05, 3.63) is 21.2 Å². The Morgan fingerprint density at radius 2 is 2.43 bits per heavy atom. The molecule has 0 bridgehead atoms. The second-order valence-electron chi connectivity index (χ2n) is 2.78. The van der Waals surface area contributed by atoms with Gasteiger partial charge < -0.3 is 9.88 Å². The number of rotatable bonds is 4. The van der Waals surface area contributed by atoms with E-state index in [4.69, 9.17) is 0 Å². The molecule has 6 heteroatoms. The molecule has 0 fully saturated rings. The van der Waals surface area contributed by atoms with Crippen molar-refractivity contribution in [2.45, 2.75) is 0 Å². The number of hydrogen-bond acceptors (Lipinski definition) is 4. The number of halogens is 1. The minimum absolute atomic E-state index is 0.147. The lowest BCUT2D eigenvalue weighted by molar-refractivity contribution is 0.922. The van der Waals surface area contributed by atoms with Gasteiger partial charge in [0, 0.05) is 19.3 Å². The van der Waals surface area contributed by atoms with Gasteiger partial charge in [-0.3, -0.25) is 4.79 Å². The van der Waals surface area contributed by atoms with Gasteiger partial charge in [0.25, 0.3) is 5.56 Å². The SMILES string of the molecule is CSCCN(C)c1nc[nH]c(=O)c1Br. The number of nitrogens with one attached hydrogen (secondary N) is 1. The number of H-pyrrole nitrogens is 1. The summed E-state index contributed by atoms with van der Waals surface area (Å²) in [7, 11) is 1.92. The summed E-state index contributed by atoms with van der Waals surface area (Å²) in [6.07, 6.45) is 3.46. The first-order chi connectivity index (χ1) is 6.66. The van der Waals surface area contributed by atoms with Crippen LogP contribution in [-0.2, 0) is 0 Å². The third-order valence-corrected chi connectivity index (χ3v) is 3.08. The van der Waals surface area contributed by atoms with Crippen molar-refractivity contribution in [3.63, 3.8) is 0 Å². The molecule has 0 amide bonds. The lowest BCUT2D eigenvalue weighted by atomic mass is 10.5. The highest BCUT2D eigenvalue weighted by Crippen LogP contribution is 2.17. The highest BCUT2D eigenvalue weighted by Gasteiger charge is 2.09. The van der Waals surface area contributed by atoms with Crippen molar-refractivity contribution in [2.24, 2.45) is 0 Å². The van der Waals surface area contributed by atoms with Gasteiger partial charge >= 0.3 is 0 Å². The average molecular weight is 278 g/mol. The van der Waals surface area contributed by atoms with Gasteiger partial charge in [0.05, 0.1) is 6.33 Å². The van der Waals surface area contributed by atoms with E-state index in [2.05, 4.69) is 25.9 Å². The van der Waals surface area contributed by atoms with E-state index in [9.17, 15) is 4.79 Å². The average Bonchev–Trinajstić information content (AvgIpc) is 2.18. The van der Waals surface area contributed by atoms with E-state index in [1.807, 2.05) is 18.2 Å². The molecule has 0 radical (unpaired) electrons. The summed E-state index contributed by atoms with van der Waals surface area (Å²) in [4.78, 5) is 19.8. The molecule has 0 aliphatic carbocycles. The smallest absolute Gasteiger partial charge is 0.267 e. The van der Waals surface area contributed by atoms with Crippen LogP contribution < -0.4 is 10.5 Å². The molecule has 0 spiro atoms. The van der Waals surface area contributed by atoms with Gasteiger partial charge in [-0.2, -0.15) is 11.8 Å². The molecule has 0 aliphatic heterocycles. The molecular weight excluding hydrogens is 266 g/mol. The number of nitrogens with zero attached hydrogens (tertiary/aromatic N) is 2. The number of aromatic nitrogens is 2. The zero-order valence-corrected chi connectivity index (χ0v) is 10.5. The fourth-order valence-electron chi connectivity index (χ4n) is 0.974. The van der Waals surface area contributed by atoms with E-state index < -0.39 is 0 Å². The number of thioether (sulfide) groups is 1. The Balaban J connectivity index is 2.84. The van der Waals surface area contributed by atoms with Crippen LogP contribution in [0.4, 0.5) is 5.82 Å². The number of aromatic amines is 1. The van der Waals surface area contributed by atoms with Crippen molar-refractivity contribution in [3.8, 4) is 0 Å². The minimum Gasteiger partial charge on any atom is -0.358 e. The third kappa shape index (κ3) is 2.75. The molecule has 14 heavy (non-hydrogen) atoms. The van der Waals surface area contributed by atoms with Crippen LogP contribution in [0, 0.1) is 0 Å². The van der Waals surface area contributed by atoms with E-state index >= 15 is 0 Å². The van der Waals surface area contributed by atoms with Gasteiger partial charge in [-0.25, -0.2) is 4.98 Å². The summed E-state index contributed by atoms with van der Waals surface area (Å²) in [5.41, 5.74) is -0.147.